The highest BCUT2D eigenvalue weighted by Crippen LogP contribution is 2.31. The summed E-state index contributed by atoms with van der Waals surface area (Å²) in [5.74, 6) is -0.948. The van der Waals surface area contributed by atoms with E-state index in [1.165, 1.54) is 12.1 Å². The van der Waals surface area contributed by atoms with E-state index in [1.54, 1.807) is 18.0 Å². The van der Waals surface area contributed by atoms with Crippen LogP contribution in [0, 0.1) is 12.7 Å². The topological polar surface area (TPSA) is 114 Å². The molecule has 1 aromatic carbocycles. The average Bonchev–Trinajstić information content (AvgIpc) is 3.32. The predicted octanol–water partition coefficient (Wildman–Crippen LogP) is 3.00. The molecule has 1 aliphatic heterocycles. The van der Waals surface area contributed by atoms with Crippen LogP contribution in [0.5, 0.6) is 0 Å². The van der Waals surface area contributed by atoms with Gasteiger partial charge in [0.1, 0.15) is 5.82 Å². The lowest BCUT2D eigenvalue weighted by Gasteiger charge is -2.28. The maximum atomic E-state index is 14.2. The molecule has 3 N–H and O–H groups in total. The number of hydrogen-bond donors (Lipinski definition) is 2. The maximum absolute atomic E-state index is 14.2. The molecule has 1 unspecified atom stereocenters. The van der Waals surface area contributed by atoms with Gasteiger partial charge in [-0.3, -0.25) is 14.5 Å². The van der Waals surface area contributed by atoms with Gasteiger partial charge >= 0.3 is 0 Å². The molecular weight excluding hydrogens is 415 g/mol. The monoisotopic (exact) mass is 446 g/mol. The molecule has 1 saturated heterocycles. The summed E-state index contributed by atoms with van der Waals surface area (Å²) in [7, 11) is 1.88. The molecule has 1 fully saturated rings. The lowest BCUT2D eigenvalue weighted by molar-refractivity contribution is -0.107. The van der Waals surface area contributed by atoms with E-state index in [0.717, 1.165) is 6.41 Å². The van der Waals surface area contributed by atoms with Gasteiger partial charge in [-0.1, -0.05) is 13.8 Å². The van der Waals surface area contributed by atoms with Crippen molar-refractivity contribution < 1.29 is 18.7 Å². The number of carbonyl (C=O) groups is 2. The van der Waals surface area contributed by atoms with Crippen LogP contribution in [0.25, 0.3) is 0 Å². The van der Waals surface area contributed by atoms with E-state index < -0.39 is 11.7 Å². The summed E-state index contributed by atoms with van der Waals surface area (Å²) in [5, 5.41) is 2.97. The van der Waals surface area contributed by atoms with Gasteiger partial charge in [-0.15, -0.1) is 0 Å². The van der Waals surface area contributed by atoms with Gasteiger partial charge in [-0.2, -0.15) is 4.98 Å². The molecule has 0 spiro atoms. The van der Waals surface area contributed by atoms with Crippen molar-refractivity contribution in [3.63, 3.8) is 0 Å². The standard InChI is InChI=1S/C20H25FN6O3.C2H6/c1-4-26(3)17-9-23-20(25-19(17)27(11-28)13-5-6-30-10-13)24-16-8-15(21)14(18(22)29)7-12(16)2;1-2/h7-9,11,13H,4-6,10H2,1-3H3,(H2,22,29)(H,23,24,25);1-2H3. The Kier molecular flexibility index (Phi) is 8.89. The third-order valence-electron chi connectivity index (χ3n) is 5.12. The molecule has 1 aromatic heterocycles. The zero-order valence-electron chi connectivity index (χ0n) is 19.2. The minimum Gasteiger partial charge on any atom is -0.379 e. The van der Waals surface area contributed by atoms with Crippen molar-refractivity contribution in [2.75, 3.05) is 41.9 Å². The highest BCUT2D eigenvalue weighted by Gasteiger charge is 2.27. The third kappa shape index (κ3) is 5.50. The Morgan fingerprint density at radius 2 is 2.12 bits per heavy atom. The Labute approximate surface area is 187 Å². The highest BCUT2D eigenvalue weighted by molar-refractivity contribution is 5.94. The van der Waals surface area contributed by atoms with E-state index >= 15 is 0 Å². The maximum Gasteiger partial charge on any atom is 0.251 e. The SMILES string of the molecule is CC.CCN(C)c1cnc(Nc2cc(F)c(C(N)=O)cc2C)nc1N(C=O)C1CCOC1. The zero-order valence-corrected chi connectivity index (χ0v) is 19.2. The summed E-state index contributed by atoms with van der Waals surface area (Å²) in [6.45, 7) is 9.39. The number of anilines is 4. The van der Waals surface area contributed by atoms with E-state index in [9.17, 15) is 14.0 Å². The van der Waals surface area contributed by atoms with Crippen molar-refractivity contribution in [2.45, 2.75) is 40.2 Å². The van der Waals surface area contributed by atoms with Crippen molar-refractivity contribution in [1.82, 2.24) is 9.97 Å². The molecule has 2 heterocycles. The molecule has 0 bridgehead atoms. The number of carbonyl (C=O) groups excluding carboxylic acids is 2. The van der Waals surface area contributed by atoms with E-state index in [2.05, 4.69) is 15.3 Å². The lowest BCUT2D eigenvalue weighted by atomic mass is 10.1. The molecule has 0 aliphatic carbocycles. The summed E-state index contributed by atoms with van der Waals surface area (Å²) in [6.07, 6.45) is 3.06. The summed E-state index contributed by atoms with van der Waals surface area (Å²) in [5.41, 5.74) is 6.69. The summed E-state index contributed by atoms with van der Waals surface area (Å²) >= 11 is 0. The first-order valence-electron chi connectivity index (χ1n) is 10.6. The van der Waals surface area contributed by atoms with Crippen molar-refractivity contribution in [2.24, 2.45) is 5.73 Å². The fraction of sp³-hybridized carbons (Fsp3) is 0.455. The number of amides is 2. The predicted molar refractivity (Wildman–Crippen MR) is 123 cm³/mol. The van der Waals surface area contributed by atoms with Crippen LogP contribution in [0.1, 0.15) is 43.1 Å². The van der Waals surface area contributed by atoms with Crippen LogP contribution >= 0.6 is 0 Å². The first-order valence-corrected chi connectivity index (χ1v) is 10.6. The molecule has 10 heteroatoms. The molecule has 2 aromatic rings. The van der Waals surface area contributed by atoms with Crippen LogP contribution < -0.4 is 20.9 Å². The van der Waals surface area contributed by atoms with Crippen LogP contribution in [-0.4, -0.2) is 55.1 Å². The number of nitrogens with one attached hydrogen (secondary N) is 1. The molecular formula is C22H31FN6O3. The molecule has 32 heavy (non-hydrogen) atoms. The van der Waals surface area contributed by atoms with E-state index in [-0.39, 0.29) is 17.6 Å². The third-order valence-corrected chi connectivity index (χ3v) is 5.12. The largest absolute Gasteiger partial charge is 0.379 e. The number of benzene rings is 1. The summed E-state index contributed by atoms with van der Waals surface area (Å²) in [6, 6.07) is 2.42. The molecule has 0 saturated carbocycles. The number of aromatic nitrogens is 2. The number of nitrogens with two attached hydrogens (primary N) is 1. The van der Waals surface area contributed by atoms with Gasteiger partial charge < -0.3 is 20.7 Å². The van der Waals surface area contributed by atoms with Gasteiger partial charge in [0, 0.05) is 25.9 Å². The fourth-order valence-corrected chi connectivity index (χ4v) is 3.23. The number of ether oxygens (including phenoxy) is 1. The van der Waals surface area contributed by atoms with E-state index in [4.69, 9.17) is 10.5 Å². The molecule has 1 aliphatic rings. The van der Waals surface area contributed by atoms with Crippen molar-refractivity contribution in [3.8, 4) is 0 Å². The number of rotatable bonds is 8. The second-order valence-corrected chi connectivity index (χ2v) is 7.08. The molecule has 174 valence electrons. The molecule has 1 atom stereocenters. The quantitative estimate of drug-likeness (QED) is 0.599. The van der Waals surface area contributed by atoms with Crippen molar-refractivity contribution >= 4 is 35.5 Å². The number of hydrogen-bond acceptors (Lipinski definition) is 7. The van der Waals surface area contributed by atoms with Gasteiger partial charge in [0.15, 0.2) is 5.82 Å². The molecule has 0 radical (unpaired) electrons. The molecule has 9 nitrogen and oxygen atoms in total. The Morgan fingerprint density at radius 1 is 1.41 bits per heavy atom. The van der Waals surface area contributed by atoms with Gasteiger partial charge in [0.05, 0.1) is 30.1 Å². The number of nitrogens with zero attached hydrogens (tertiary/aromatic N) is 4. The number of halogens is 1. The summed E-state index contributed by atoms with van der Waals surface area (Å²) < 4.78 is 19.6. The van der Waals surface area contributed by atoms with Crippen LogP contribution in [-0.2, 0) is 9.53 Å². The number of aryl methyl sites for hydroxylation is 1. The highest BCUT2D eigenvalue weighted by atomic mass is 19.1. The van der Waals surface area contributed by atoms with Crippen LogP contribution in [0.2, 0.25) is 0 Å². The lowest BCUT2D eigenvalue weighted by Crippen LogP contribution is -2.36. The summed E-state index contributed by atoms with van der Waals surface area (Å²) in [4.78, 5) is 35.6. The zero-order chi connectivity index (χ0) is 23.8. The molecule has 3 rings (SSSR count). The first-order chi connectivity index (χ1) is 15.3. The van der Waals surface area contributed by atoms with Crippen LogP contribution in [0.15, 0.2) is 18.3 Å². The number of primary amides is 1. The second kappa shape index (κ2) is 11.4. The second-order valence-electron chi connectivity index (χ2n) is 7.08. The van der Waals surface area contributed by atoms with Crippen molar-refractivity contribution in [1.29, 1.82) is 0 Å². The van der Waals surface area contributed by atoms with E-state index in [0.29, 0.717) is 48.9 Å². The van der Waals surface area contributed by atoms with Crippen LogP contribution in [0.3, 0.4) is 0 Å². The Bertz CT molecular complexity index is 950. The fourth-order valence-electron chi connectivity index (χ4n) is 3.23. The minimum atomic E-state index is -0.840. The van der Waals surface area contributed by atoms with Gasteiger partial charge in [-0.25, -0.2) is 9.37 Å². The van der Waals surface area contributed by atoms with Gasteiger partial charge in [0.25, 0.3) is 5.91 Å². The van der Waals surface area contributed by atoms with Crippen molar-refractivity contribution in [3.05, 3.63) is 35.3 Å². The van der Waals surface area contributed by atoms with Gasteiger partial charge in [0.2, 0.25) is 12.4 Å². The Hall–Kier alpha value is -3.27. The first kappa shape index (κ1) is 25.0. The average molecular weight is 447 g/mol. The Morgan fingerprint density at radius 3 is 2.69 bits per heavy atom. The molecule has 2 amide bonds. The normalized spacial score (nSPS) is 14.9. The Balaban J connectivity index is 0.00000176. The minimum absolute atomic E-state index is 0.122. The van der Waals surface area contributed by atoms with Gasteiger partial charge in [-0.05, 0) is 38.0 Å². The van der Waals surface area contributed by atoms with Crippen LogP contribution in [0.4, 0.5) is 27.5 Å². The smallest absolute Gasteiger partial charge is 0.251 e. The van der Waals surface area contributed by atoms with E-state index in [1.807, 2.05) is 32.7 Å².